The zero-order valence-electron chi connectivity index (χ0n) is 63.4. The zero-order chi connectivity index (χ0) is 71.4. The number of ether oxygens (including phenoxy) is 4. The highest BCUT2D eigenvalue weighted by atomic mass is 31.2. The second-order valence-electron chi connectivity index (χ2n) is 28.8. The number of hydrogen-bond donors (Lipinski definition) is 3. The van der Waals surface area contributed by atoms with Gasteiger partial charge in [0.15, 0.2) is 12.2 Å². The number of unbranched alkanes of at least 4 members (excludes halogenated alkanes) is 46. The van der Waals surface area contributed by atoms with Crippen LogP contribution in [0.1, 0.15) is 408 Å². The average molecular weight is 1420 g/mol. The molecule has 3 N–H and O–H groups in total. The van der Waals surface area contributed by atoms with E-state index >= 15 is 0 Å². The van der Waals surface area contributed by atoms with Gasteiger partial charge in [0.05, 0.1) is 26.4 Å². The van der Waals surface area contributed by atoms with Gasteiger partial charge in [-0.25, -0.2) is 9.13 Å². The van der Waals surface area contributed by atoms with Crippen LogP contribution in [0.2, 0.25) is 0 Å². The molecule has 0 bridgehead atoms. The van der Waals surface area contributed by atoms with Gasteiger partial charge in [-0.2, -0.15) is 0 Å². The molecule has 97 heavy (non-hydrogen) atoms. The third kappa shape index (κ3) is 70.9. The zero-order valence-corrected chi connectivity index (χ0v) is 65.2. The van der Waals surface area contributed by atoms with Crippen molar-refractivity contribution in [1.82, 2.24) is 0 Å². The van der Waals surface area contributed by atoms with Crippen LogP contribution >= 0.6 is 15.6 Å². The van der Waals surface area contributed by atoms with E-state index in [9.17, 15) is 43.2 Å². The highest BCUT2D eigenvalue weighted by Gasteiger charge is 2.30. The number of phosphoric ester groups is 2. The van der Waals surface area contributed by atoms with E-state index in [1.807, 2.05) is 0 Å². The maximum absolute atomic E-state index is 13.1. The molecule has 0 amide bonds. The second-order valence-corrected chi connectivity index (χ2v) is 31.7. The van der Waals surface area contributed by atoms with Crippen LogP contribution < -0.4 is 0 Å². The molecule has 0 radical (unpaired) electrons. The maximum atomic E-state index is 13.1. The summed E-state index contributed by atoms with van der Waals surface area (Å²) in [4.78, 5) is 72.9. The molecule has 0 spiro atoms. The van der Waals surface area contributed by atoms with Gasteiger partial charge >= 0.3 is 39.5 Å². The van der Waals surface area contributed by atoms with E-state index < -0.39 is 97.5 Å². The lowest BCUT2D eigenvalue weighted by Gasteiger charge is -2.21. The van der Waals surface area contributed by atoms with Gasteiger partial charge in [-0.1, -0.05) is 356 Å². The number of aliphatic hydroxyl groups is 1. The normalized spacial score (nSPS) is 14.2. The molecule has 0 aromatic heterocycles. The molecule has 576 valence electrons. The van der Waals surface area contributed by atoms with E-state index in [2.05, 4.69) is 41.5 Å². The molecule has 0 aliphatic carbocycles. The van der Waals surface area contributed by atoms with Gasteiger partial charge in [-0.3, -0.25) is 37.3 Å². The van der Waals surface area contributed by atoms with Gasteiger partial charge < -0.3 is 33.8 Å². The average Bonchev–Trinajstić information content (AvgIpc) is 1.13. The fraction of sp³-hybridized carbons (Fsp3) is 0.949. The van der Waals surface area contributed by atoms with Gasteiger partial charge in [0.1, 0.15) is 19.3 Å². The molecule has 0 saturated heterocycles. The highest BCUT2D eigenvalue weighted by Crippen LogP contribution is 2.45. The third-order valence-corrected chi connectivity index (χ3v) is 20.5. The molecule has 0 rings (SSSR count). The van der Waals surface area contributed by atoms with Crippen molar-refractivity contribution in [1.29, 1.82) is 0 Å². The summed E-state index contributed by atoms with van der Waals surface area (Å²) in [5.41, 5.74) is 0. The van der Waals surface area contributed by atoms with Gasteiger partial charge in [0.25, 0.3) is 0 Å². The molecular formula is C78H152O17P2. The smallest absolute Gasteiger partial charge is 0.462 e. The van der Waals surface area contributed by atoms with Crippen LogP contribution in [0.15, 0.2) is 0 Å². The van der Waals surface area contributed by atoms with Crippen LogP contribution in [-0.4, -0.2) is 96.7 Å². The second kappa shape index (κ2) is 69.8. The van der Waals surface area contributed by atoms with Gasteiger partial charge in [0, 0.05) is 25.7 Å². The molecule has 0 heterocycles. The molecule has 0 aromatic rings. The minimum Gasteiger partial charge on any atom is -0.462 e. The first-order chi connectivity index (χ1) is 46.9. The summed E-state index contributed by atoms with van der Waals surface area (Å²) >= 11 is 0. The summed E-state index contributed by atoms with van der Waals surface area (Å²) in [7, 11) is -9.92. The van der Waals surface area contributed by atoms with Crippen molar-refractivity contribution in [3.63, 3.8) is 0 Å². The number of rotatable bonds is 77. The predicted molar refractivity (Wildman–Crippen MR) is 395 cm³/mol. The summed E-state index contributed by atoms with van der Waals surface area (Å²) in [6, 6.07) is 0. The minimum absolute atomic E-state index is 0.107. The van der Waals surface area contributed by atoms with Crippen LogP contribution in [0.5, 0.6) is 0 Å². The third-order valence-electron chi connectivity index (χ3n) is 18.6. The van der Waals surface area contributed by atoms with E-state index in [0.29, 0.717) is 25.7 Å². The summed E-state index contributed by atoms with van der Waals surface area (Å²) < 4.78 is 68.6. The Hall–Kier alpha value is -1.94. The van der Waals surface area contributed by atoms with Crippen LogP contribution in [0.4, 0.5) is 0 Å². The molecule has 0 fully saturated rings. The first-order valence-electron chi connectivity index (χ1n) is 40.5. The summed E-state index contributed by atoms with van der Waals surface area (Å²) in [5.74, 6) is -0.521. The van der Waals surface area contributed by atoms with E-state index in [1.54, 1.807) is 0 Å². The molecule has 0 saturated carbocycles. The van der Waals surface area contributed by atoms with Crippen molar-refractivity contribution in [3.8, 4) is 0 Å². The number of esters is 4. The van der Waals surface area contributed by atoms with Gasteiger partial charge in [-0.15, -0.1) is 0 Å². The monoisotopic (exact) mass is 1420 g/mol. The molecule has 0 aliphatic heterocycles. The lowest BCUT2D eigenvalue weighted by atomic mass is 9.99. The van der Waals surface area contributed by atoms with E-state index in [-0.39, 0.29) is 25.7 Å². The number of aliphatic hydroxyl groups excluding tert-OH is 1. The molecule has 6 atom stereocenters. The Labute approximate surface area is 594 Å². The van der Waals surface area contributed by atoms with E-state index in [4.69, 9.17) is 37.0 Å². The Balaban J connectivity index is 5.26. The number of phosphoric acid groups is 2. The maximum Gasteiger partial charge on any atom is 0.472 e. The van der Waals surface area contributed by atoms with Crippen LogP contribution in [-0.2, 0) is 65.4 Å². The lowest BCUT2D eigenvalue weighted by Crippen LogP contribution is -2.30. The highest BCUT2D eigenvalue weighted by molar-refractivity contribution is 7.47. The Bertz CT molecular complexity index is 1870. The number of carbonyl (C=O) groups excluding carboxylic acids is 4. The van der Waals surface area contributed by atoms with Crippen molar-refractivity contribution in [2.24, 2.45) is 11.8 Å². The Morgan fingerprint density at radius 2 is 0.526 bits per heavy atom. The largest absolute Gasteiger partial charge is 0.472 e. The Morgan fingerprint density at radius 3 is 0.784 bits per heavy atom. The first kappa shape index (κ1) is 95.1. The van der Waals surface area contributed by atoms with E-state index in [1.165, 1.54) is 225 Å². The van der Waals surface area contributed by atoms with Crippen LogP contribution in [0, 0.1) is 11.8 Å². The standard InChI is InChI=1S/C78H152O17P2/c1-7-10-12-14-16-18-20-21-22-23-26-30-37-43-49-55-61-76(81)89-67-73(94-77(82)62-56-50-44-38-31-27-24-25-29-34-40-46-52-58-70(4)5)68-92-96(84,85)90-64-72(79)65-91-97(86,87)93-69-74(66-88-75(80)60-54-48-42-36-28-19-17-15-13-11-8-2)95-78(83)63-57-51-45-39-33-32-35-41-47-53-59-71(6)9-3/h70-74,79H,7-69H2,1-6H3,(H,84,85)(H,86,87)/t71?,72-,73-,74-/m1/s1. The lowest BCUT2D eigenvalue weighted by molar-refractivity contribution is -0.161. The van der Waals surface area contributed by atoms with Gasteiger partial charge in [-0.05, 0) is 37.5 Å². The fourth-order valence-corrected chi connectivity index (χ4v) is 13.6. The topological polar surface area (TPSA) is 237 Å². The number of hydrogen-bond acceptors (Lipinski definition) is 15. The molecule has 3 unspecified atom stereocenters. The van der Waals surface area contributed by atoms with Crippen molar-refractivity contribution in [2.75, 3.05) is 39.6 Å². The fourth-order valence-electron chi connectivity index (χ4n) is 12.0. The van der Waals surface area contributed by atoms with Gasteiger partial charge in [0.2, 0.25) is 0 Å². The molecule has 19 heteroatoms. The molecule has 17 nitrogen and oxygen atoms in total. The van der Waals surface area contributed by atoms with Crippen molar-refractivity contribution in [3.05, 3.63) is 0 Å². The Kier molecular flexibility index (Phi) is 68.4. The van der Waals surface area contributed by atoms with Crippen molar-refractivity contribution in [2.45, 2.75) is 426 Å². The summed E-state index contributed by atoms with van der Waals surface area (Å²) in [6.07, 6.45) is 58.0. The molecular weight excluding hydrogens is 1270 g/mol. The minimum atomic E-state index is -4.96. The summed E-state index contributed by atoms with van der Waals surface area (Å²) in [6.45, 7) is 9.66. The SMILES string of the molecule is CCCCCCCCCCCCCCCCCCC(=O)OC[C@H](COP(=O)(O)OC[C@@H](O)COP(=O)(O)OC[C@@H](COC(=O)CCCCCCCCCCCCC)OC(=O)CCCCCCCCCCCCC(C)CC)OC(=O)CCCCCCCCCCCCCCCC(C)C. The quantitative estimate of drug-likeness (QED) is 0.0222. The van der Waals surface area contributed by atoms with Crippen LogP contribution in [0.3, 0.4) is 0 Å². The molecule has 0 aliphatic rings. The van der Waals surface area contributed by atoms with E-state index in [0.717, 1.165) is 102 Å². The number of carbonyl (C=O) groups is 4. The van der Waals surface area contributed by atoms with Crippen LogP contribution in [0.25, 0.3) is 0 Å². The van der Waals surface area contributed by atoms with Crippen molar-refractivity contribution >= 4 is 39.5 Å². The van der Waals surface area contributed by atoms with Crippen molar-refractivity contribution < 1.29 is 80.2 Å². The summed E-state index contributed by atoms with van der Waals surface area (Å²) in [5, 5.41) is 10.6. The molecule has 0 aromatic carbocycles. The first-order valence-corrected chi connectivity index (χ1v) is 43.5. The predicted octanol–water partition coefficient (Wildman–Crippen LogP) is 23.1. The Morgan fingerprint density at radius 1 is 0.299 bits per heavy atom.